The van der Waals surface area contributed by atoms with Crippen molar-refractivity contribution in [2.24, 2.45) is 0 Å². The first-order chi connectivity index (χ1) is 14.8. The van der Waals surface area contributed by atoms with Crippen molar-refractivity contribution < 1.29 is 9.31 Å². The third-order valence-corrected chi connectivity index (χ3v) is 6.16. The van der Waals surface area contributed by atoms with Gasteiger partial charge in [0.15, 0.2) is 17.4 Å². The lowest BCUT2D eigenvalue weighted by Crippen LogP contribution is -2.41. The van der Waals surface area contributed by atoms with Gasteiger partial charge >= 0.3 is 7.12 Å². The highest BCUT2D eigenvalue weighted by Crippen LogP contribution is 2.36. The van der Waals surface area contributed by atoms with Crippen molar-refractivity contribution in [3.8, 4) is 22.8 Å². The highest BCUT2D eigenvalue weighted by atomic mass is 16.7. The zero-order valence-corrected chi connectivity index (χ0v) is 18.2. The third kappa shape index (κ3) is 3.62. The molecule has 0 bridgehead atoms. The van der Waals surface area contributed by atoms with Crippen LogP contribution in [0.1, 0.15) is 27.7 Å². The van der Waals surface area contributed by atoms with Gasteiger partial charge in [-0.05, 0) is 44.5 Å². The summed E-state index contributed by atoms with van der Waals surface area (Å²) in [5.74, 6) is 1.20. The van der Waals surface area contributed by atoms with Crippen molar-refractivity contribution in [3.05, 3.63) is 72.8 Å². The summed E-state index contributed by atoms with van der Waals surface area (Å²) in [6.45, 7) is 8.10. The number of hydrogen-bond acceptors (Lipinski definition) is 5. The van der Waals surface area contributed by atoms with E-state index in [9.17, 15) is 0 Å². The maximum absolute atomic E-state index is 6.23. The highest BCUT2D eigenvalue weighted by Gasteiger charge is 2.53. The van der Waals surface area contributed by atoms with Gasteiger partial charge in [-0.15, -0.1) is 0 Å². The van der Waals surface area contributed by atoms with Crippen LogP contribution in [0.4, 0.5) is 0 Å². The molecule has 0 unspecified atom stereocenters. The van der Waals surface area contributed by atoms with E-state index in [4.69, 9.17) is 24.3 Å². The minimum atomic E-state index is -0.658. The molecule has 0 amide bonds. The van der Waals surface area contributed by atoms with Crippen molar-refractivity contribution in [2.75, 3.05) is 0 Å². The average molecular weight is 409 g/mol. The van der Waals surface area contributed by atoms with Gasteiger partial charge in [-0.3, -0.25) is 0 Å². The molecule has 1 fully saturated rings. The molecule has 0 radical (unpaired) electrons. The molecule has 154 valence electrons. The van der Waals surface area contributed by atoms with E-state index in [1.54, 1.807) is 0 Å². The van der Waals surface area contributed by atoms with Crippen molar-refractivity contribution in [3.63, 3.8) is 0 Å². The second kappa shape index (κ2) is 7.25. The van der Waals surface area contributed by atoms with Gasteiger partial charge in [0.05, 0.1) is 11.2 Å². The maximum atomic E-state index is 6.23. The molecule has 31 heavy (non-hydrogen) atoms. The summed E-state index contributed by atoms with van der Waals surface area (Å²) >= 11 is 0. The average Bonchev–Trinajstić information content (AvgIpc) is 3.00. The Morgan fingerprint density at radius 1 is 0.613 bits per heavy atom. The van der Waals surface area contributed by atoms with Crippen LogP contribution in [0.15, 0.2) is 72.8 Å². The normalized spacial score (nSPS) is 17.2. The molecule has 0 spiro atoms. The standard InChI is InChI=1S/C25H24BN3O2/c1-24(2)25(3,4)31-26(30-24)23-28-21(18-11-6-5-7-12-18)27-22(29-23)20-15-14-17-10-8-9-13-19(17)16-20/h5-16H,1-4H3. The monoisotopic (exact) mass is 409 g/mol. The Morgan fingerprint density at radius 3 is 1.87 bits per heavy atom. The van der Waals surface area contributed by atoms with Crippen molar-refractivity contribution in [2.45, 2.75) is 38.9 Å². The van der Waals surface area contributed by atoms with Crippen LogP contribution in [0.25, 0.3) is 33.5 Å². The van der Waals surface area contributed by atoms with Crippen LogP contribution in [0.3, 0.4) is 0 Å². The van der Waals surface area contributed by atoms with E-state index >= 15 is 0 Å². The zero-order chi connectivity index (χ0) is 21.6. The summed E-state index contributed by atoms with van der Waals surface area (Å²) in [5.41, 5.74) is 1.39. The van der Waals surface area contributed by atoms with Gasteiger partial charge in [0.1, 0.15) is 0 Å². The molecule has 0 aliphatic carbocycles. The lowest BCUT2D eigenvalue weighted by Gasteiger charge is -2.32. The predicted octanol–water partition coefficient (Wildman–Crippen LogP) is 4.66. The largest absolute Gasteiger partial charge is 0.534 e. The van der Waals surface area contributed by atoms with Crippen molar-refractivity contribution in [1.29, 1.82) is 0 Å². The van der Waals surface area contributed by atoms with Gasteiger partial charge in [0.25, 0.3) is 0 Å². The Morgan fingerprint density at radius 2 is 1.19 bits per heavy atom. The van der Waals surface area contributed by atoms with Crippen LogP contribution in [0.2, 0.25) is 0 Å². The van der Waals surface area contributed by atoms with E-state index in [-0.39, 0.29) is 0 Å². The summed E-state index contributed by atoms with van der Waals surface area (Å²) in [6.07, 6.45) is 0. The van der Waals surface area contributed by atoms with E-state index in [2.05, 4.69) is 24.3 Å². The Labute approximate surface area is 182 Å². The van der Waals surface area contributed by atoms with Crippen LogP contribution in [-0.2, 0) is 9.31 Å². The molecule has 0 atom stereocenters. The molecule has 3 aromatic carbocycles. The van der Waals surface area contributed by atoms with Crippen LogP contribution in [0, 0.1) is 0 Å². The van der Waals surface area contributed by atoms with Gasteiger partial charge in [-0.2, -0.15) is 0 Å². The number of hydrogen-bond donors (Lipinski definition) is 0. The summed E-state index contributed by atoms with van der Waals surface area (Å²) in [7, 11) is -0.658. The van der Waals surface area contributed by atoms with Gasteiger partial charge in [-0.1, -0.05) is 66.7 Å². The van der Waals surface area contributed by atoms with Crippen LogP contribution in [-0.4, -0.2) is 33.3 Å². The highest BCUT2D eigenvalue weighted by molar-refractivity contribution is 6.60. The molecule has 2 heterocycles. The molecule has 5 nitrogen and oxygen atoms in total. The van der Waals surface area contributed by atoms with Crippen molar-refractivity contribution in [1.82, 2.24) is 15.0 Å². The first kappa shape index (κ1) is 19.9. The van der Waals surface area contributed by atoms with Crippen molar-refractivity contribution >= 4 is 23.6 Å². The molecule has 6 heteroatoms. The fourth-order valence-corrected chi connectivity index (χ4v) is 3.62. The minimum absolute atomic E-state index is 0.472. The number of benzene rings is 3. The van der Waals surface area contributed by atoms with Crippen LogP contribution >= 0.6 is 0 Å². The molecule has 1 saturated heterocycles. The molecule has 1 aliphatic rings. The second-order valence-electron chi connectivity index (χ2n) is 8.86. The lowest BCUT2D eigenvalue weighted by atomic mass is 9.89. The smallest absolute Gasteiger partial charge is 0.397 e. The van der Waals surface area contributed by atoms with Gasteiger partial charge in [0.2, 0.25) is 0 Å². The SMILES string of the molecule is CC1(C)OB(c2nc(-c3ccccc3)nc(-c3ccc4ccccc4c3)n2)OC1(C)C. The molecule has 4 aromatic rings. The molecule has 0 saturated carbocycles. The Kier molecular flexibility index (Phi) is 4.65. The zero-order valence-electron chi connectivity index (χ0n) is 18.2. The third-order valence-electron chi connectivity index (χ3n) is 6.16. The van der Waals surface area contributed by atoms with E-state index in [1.165, 1.54) is 5.39 Å². The number of nitrogens with zero attached hydrogens (tertiary/aromatic N) is 3. The topological polar surface area (TPSA) is 57.1 Å². The number of fused-ring (bicyclic) bond motifs is 1. The maximum Gasteiger partial charge on any atom is 0.534 e. The lowest BCUT2D eigenvalue weighted by molar-refractivity contribution is 0.00578. The van der Waals surface area contributed by atoms with Gasteiger partial charge < -0.3 is 9.31 Å². The fourth-order valence-electron chi connectivity index (χ4n) is 3.62. The van der Waals surface area contributed by atoms with E-state index in [0.717, 1.165) is 16.5 Å². The van der Waals surface area contributed by atoms with E-state index in [0.29, 0.717) is 17.4 Å². The van der Waals surface area contributed by atoms with Gasteiger partial charge in [0, 0.05) is 11.1 Å². The fraction of sp³-hybridized carbons (Fsp3) is 0.240. The molecule has 1 aromatic heterocycles. The second-order valence-corrected chi connectivity index (χ2v) is 8.86. The summed E-state index contributed by atoms with van der Waals surface area (Å²) in [5, 5.41) is 2.31. The minimum Gasteiger partial charge on any atom is -0.397 e. The number of aromatic nitrogens is 3. The summed E-state index contributed by atoms with van der Waals surface area (Å²) in [6, 6.07) is 24.4. The van der Waals surface area contributed by atoms with E-state index in [1.807, 2.05) is 76.2 Å². The summed E-state index contributed by atoms with van der Waals surface area (Å²) < 4.78 is 12.5. The molecule has 5 rings (SSSR count). The Balaban J connectivity index is 1.65. The molecular weight excluding hydrogens is 385 g/mol. The molecule has 0 N–H and O–H groups in total. The quantitative estimate of drug-likeness (QED) is 0.461. The Hall–Kier alpha value is -3.09. The number of rotatable bonds is 3. The van der Waals surface area contributed by atoms with Crippen LogP contribution < -0.4 is 5.72 Å². The Bertz CT molecular complexity index is 1240. The van der Waals surface area contributed by atoms with Gasteiger partial charge in [-0.25, -0.2) is 15.0 Å². The first-order valence-corrected chi connectivity index (χ1v) is 10.5. The van der Waals surface area contributed by atoms with E-state index < -0.39 is 18.3 Å². The van der Waals surface area contributed by atoms with Crippen LogP contribution in [0.5, 0.6) is 0 Å². The molecular formula is C25H24BN3O2. The summed E-state index contributed by atoms with van der Waals surface area (Å²) in [4.78, 5) is 14.3. The predicted molar refractivity (Wildman–Crippen MR) is 124 cm³/mol. The molecule has 1 aliphatic heterocycles. The first-order valence-electron chi connectivity index (χ1n) is 10.5.